The molecule has 58 heavy (non-hydrogen) atoms. The molecule has 0 saturated heterocycles. The zero-order chi connectivity index (χ0) is 44.0. The summed E-state index contributed by atoms with van der Waals surface area (Å²) in [6.07, 6.45) is 7.94. The lowest BCUT2D eigenvalue weighted by Gasteiger charge is -2.30. The number of hydrogen-bond donors (Lipinski definition) is 7. The van der Waals surface area contributed by atoms with Gasteiger partial charge in [-0.3, -0.25) is 24.0 Å². The SMILES string of the molecule is COCCCCCCCC(=O)C1Cn2cccc2C(C)N1.COP(=O)(O)OP(=O)(O)OP(=O)(O)OP(=O)(O)OP(=O)(O)OP(=O)(O)OCCC(=O)c1ccc(C)cc1. The molecule has 0 spiro atoms. The molecular weight excluding hydrogens is 902 g/mol. The molecule has 0 saturated carbocycles. The first-order valence-corrected chi connectivity index (χ1v) is 25.9. The number of nitrogens with zero attached hydrogens (tertiary/aromatic N) is 1. The summed E-state index contributed by atoms with van der Waals surface area (Å²) in [6, 6.07) is 10.5. The van der Waals surface area contributed by atoms with Crippen molar-refractivity contribution in [3.8, 4) is 0 Å². The molecule has 8 unspecified atom stereocenters. The average molecular weight is 951 g/mol. The van der Waals surface area contributed by atoms with E-state index in [9.17, 15) is 56.6 Å². The van der Waals surface area contributed by atoms with E-state index in [4.69, 9.17) is 14.5 Å². The van der Waals surface area contributed by atoms with Crippen molar-refractivity contribution in [1.29, 1.82) is 0 Å². The van der Waals surface area contributed by atoms with Crippen LogP contribution in [0.25, 0.3) is 0 Å². The van der Waals surface area contributed by atoms with Crippen molar-refractivity contribution < 1.29 is 102 Å². The van der Waals surface area contributed by atoms with Gasteiger partial charge in [-0.25, -0.2) is 27.4 Å². The molecule has 0 fully saturated rings. The Hall–Kier alpha value is -1.38. The fraction of sp³-hybridized carbons (Fsp3) is 0.571. The van der Waals surface area contributed by atoms with Crippen LogP contribution < -0.4 is 5.32 Å². The second kappa shape index (κ2) is 23.2. The number of methoxy groups -OCH3 is 1. The van der Waals surface area contributed by atoms with Crippen molar-refractivity contribution in [2.24, 2.45) is 0 Å². The second-order valence-electron chi connectivity index (χ2n) is 12.3. The van der Waals surface area contributed by atoms with Crippen molar-refractivity contribution in [2.45, 2.75) is 77.4 Å². The fourth-order valence-electron chi connectivity index (χ4n) is 4.97. The van der Waals surface area contributed by atoms with Gasteiger partial charge in [0, 0.05) is 63.7 Å². The van der Waals surface area contributed by atoms with E-state index in [1.807, 2.05) is 0 Å². The van der Waals surface area contributed by atoms with Gasteiger partial charge in [-0.1, -0.05) is 49.1 Å². The van der Waals surface area contributed by atoms with Crippen molar-refractivity contribution in [3.05, 3.63) is 59.4 Å². The van der Waals surface area contributed by atoms with Crippen LogP contribution in [0, 0.1) is 6.92 Å². The van der Waals surface area contributed by atoms with Crippen LogP contribution in [0.5, 0.6) is 0 Å². The molecule has 24 nitrogen and oxygen atoms in total. The summed E-state index contributed by atoms with van der Waals surface area (Å²) in [6.45, 7) is 4.66. The Morgan fingerprint density at radius 3 is 1.72 bits per heavy atom. The summed E-state index contributed by atoms with van der Waals surface area (Å²) in [7, 11) is -33.4. The minimum absolute atomic E-state index is 0.0200. The highest BCUT2D eigenvalue weighted by Crippen LogP contribution is 2.75. The van der Waals surface area contributed by atoms with Gasteiger partial charge in [0.05, 0.1) is 12.6 Å². The third-order valence-electron chi connectivity index (χ3n) is 7.52. The number of carbonyl (C=O) groups is 2. The van der Waals surface area contributed by atoms with Gasteiger partial charge in [-0.15, -0.1) is 0 Å². The molecule has 1 aromatic carbocycles. The zero-order valence-electron chi connectivity index (χ0n) is 31.6. The molecule has 1 aliphatic rings. The van der Waals surface area contributed by atoms with Crippen molar-refractivity contribution in [1.82, 2.24) is 9.88 Å². The van der Waals surface area contributed by atoms with Crippen LogP contribution in [0.4, 0.5) is 0 Å². The van der Waals surface area contributed by atoms with Crippen LogP contribution in [0.1, 0.15) is 79.5 Å². The maximum Gasteiger partial charge on any atom is 0.490 e. The lowest BCUT2D eigenvalue weighted by atomic mass is 10.0. The molecule has 2 heterocycles. The Balaban J connectivity index is 0.000000463. The van der Waals surface area contributed by atoms with Gasteiger partial charge in [0.15, 0.2) is 11.6 Å². The van der Waals surface area contributed by atoms with Crippen molar-refractivity contribution >= 4 is 58.5 Å². The second-order valence-corrected chi connectivity index (χ2v) is 21.8. The number of rotatable bonds is 25. The highest BCUT2D eigenvalue weighted by Gasteiger charge is 2.49. The number of ketones is 2. The highest BCUT2D eigenvalue weighted by atomic mass is 31.3. The van der Waals surface area contributed by atoms with Gasteiger partial charge >= 0.3 is 46.9 Å². The third kappa shape index (κ3) is 20.5. The molecule has 30 heteroatoms. The maximum absolute atomic E-state index is 12.3. The summed E-state index contributed by atoms with van der Waals surface area (Å²) in [5, 5.41) is 3.44. The van der Waals surface area contributed by atoms with Crippen LogP contribution >= 0.6 is 46.9 Å². The van der Waals surface area contributed by atoms with E-state index in [0.29, 0.717) is 19.3 Å². The van der Waals surface area contributed by atoms with Gasteiger partial charge in [0.2, 0.25) is 0 Å². The number of benzene rings is 1. The molecule has 8 atom stereocenters. The summed E-state index contributed by atoms with van der Waals surface area (Å²) in [5.41, 5.74) is 2.32. The quantitative estimate of drug-likeness (QED) is 0.0341. The Bertz CT molecular complexity index is 1960. The molecule has 0 radical (unpaired) electrons. The summed E-state index contributed by atoms with van der Waals surface area (Å²) < 4.78 is 102. The molecule has 2 aromatic rings. The van der Waals surface area contributed by atoms with Crippen LogP contribution in [-0.2, 0) is 74.1 Å². The fourth-order valence-corrected chi connectivity index (χ4v) is 12.5. The lowest BCUT2D eigenvalue weighted by Crippen LogP contribution is -2.46. The van der Waals surface area contributed by atoms with Crippen LogP contribution in [0.15, 0.2) is 42.6 Å². The normalized spacial score (nSPS) is 21.6. The zero-order valence-corrected chi connectivity index (χ0v) is 37.0. The van der Waals surface area contributed by atoms with E-state index in [-0.39, 0.29) is 17.6 Å². The molecule has 1 aromatic heterocycles. The van der Waals surface area contributed by atoms with Crippen LogP contribution in [0.3, 0.4) is 0 Å². The molecule has 332 valence electrons. The van der Waals surface area contributed by atoms with E-state index in [1.165, 1.54) is 30.7 Å². The molecule has 1 aliphatic heterocycles. The number of unbranched alkanes of at least 4 members (excludes halogenated alkanes) is 4. The van der Waals surface area contributed by atoms with Gasteiger partial charge < -0.3 is 38.7 Å². The number of carbonyl (C=O) groups excluding carboxylic acids is 2. The first-order valence-electron chi connectivity index (χ1n) is 17.0. The molecule has 7 N–H and O–H groups in total. The summed E-state index contributed by atoms with van der Waals surface area (Å²) in [5.74, 6) is -0.207. The van der Waals surface area contributed by atoms with E-state index < -0.39 is 65.7 Å². The molecule has 0 aliphatic carbocycles. The number of ether oxygens (including phenoxy) is 1. The predicted molar refractivity (Wildman–Crippen MR) is 202 cm³/mol. The highest BCUT2D eigenvalue weighted by molar-refractivity contribution is 7.72. The number of phosphoric acid groups is 6. The molecule has 0 amide bonds. The van der Waals surface area contributed by atoms with Gasteiger partial charge in [-0.05, 0) is 38.8 Å². The lowest BCUT2D eigenvalue weighted by molar-refractivity contribution is -0.122. The minimum Gasteiger partial charge on any atom is -0.385 e. The molecule has 3 rings (SSSR count). The Morgan fingerprint density at radius 1 is 0.690 bits per heavy atom. The van der Waals surface area contributed by atoms with Crippen molar-refractivity contribution in [2.75, 3.05) is 27.4 Å². The summed E-state index contributed by atoms with van der Waals surface area (Å²) in [4.78, 5) is 79.8. The number of hydrogen-bond acceptors (Lipinski definition) is 17. The number of nitrogens with one attached hydrogen (secondary N) is 1. The van der Waals surface area contributed by atoms with E-state index in [0.717, 1.165) is 38.0 Å². The van der Waals surface area contributed by atoms with Crippen LogP contribution in [0.2, 0.25) is 0 Å². The number of aromatic nitrogens is 1. The smallest absolute Gasteiger partial charge is 0.385 e. The minimum atomic E-state index is -6.32. The van der Waals surface area contributed by atoms with E-state index in [1.54, 1.807) is 26.2 Å². The standard InChI is InChI=1S/C17H28N2O2.C11H20O20P6/c1-14-16-9-8-11-19(16)13-15(18-14)17(20)10-6-4-3-5-7-12-21-2;1-9-3-5-10(6-4-9)11(12)7-8-26-33(15,16)28-35(19,20)30-37(23,24)31-36(21,22)29-34(17,18)27-32(13,14)25-2/h8-9,11,14-15,18H,3-7,10,12-13H2,1-2H3;3-6H,7-8H2,1-2H3,(H,13,14)(H,15,16)(H,17,18)(H,19,20)(H,21,22)(H,23,24). The van der Waals surface area contributed by atoms with E-state index >= 15 is 0 Å². The number of fused-ring (bicyclic) bond motifs is 1. The topological polar surface area (TPSA) is 349 Å². The third-order valence-corrected chi connectivity index (χ3v) is 16.7. The predicted octanol–water partition coefficient (Wildman–Crippen LogP) is 5.99. The number of phosphoric ester groups is 2. The first-order chi connectivity index (χ1) is 26.7. The first kappa shape index (κ1) is 52.8. The van der Waals surface area contributed by atoms with Crippen LogP contribution in [-0.4, -0.2) is 79.0 Å². The van der Waals surface area contributed by atoms with Gasteiger partial charge in [0.1, 0.15) is 0 Å². The van der Waals surface area contributed by atoms with Gasteiger partial charge in [0.25, 0.3) is 0 Å². The number of aryl methyl sites for hydroxylation is 1. The van der Waals surface area contributed by atoms with E-state index in [2.05, 4.69) is 65.7 Å². The Labute approximate surface area is 333 Å². The maximum atomic E-state index is 12.3. The largest absolute Gasteiger partial charge is 0.490 e. The van der Waals surface area contributed by atoms with Gasteiger partial charge in [-0.2, -0.15) is 21.6 Å². The average Bonchev–Trinajstić information content (AvgIpc) is 3.55. The monoisotopic (exact) mass is 950 g/mol. The van der Waals surface area contributed by atoms with Crippen molar-refractivity contribution in [3.63, 3.8) is 0 Å². The molecular formula is C28H48N2O22P6. The number of Topliss-reactive ketones (excluding diaryl/α,β-unsaturated/α-hetero) is 2. The molecule has 0 bridgehead atoms. The summed E-state index contributed by atoms with van der Waals surface area (Å²) >= 11 is 0. The Morgan fingerprint density at radius 2 is 1.19 bits per heavy atom. The Kier molecular flexibility index (Phi) is 21.1.